The number of rotatable bonds is 3. The maximum Gasteiger partial charge on any atom is 0.326 e. The summed E-state index contributed by atoms with van der Waals surface area (Å²) in [5.74, 6) is -1.62. The van der Waals surface area contributed by atoms with Gasteiger partial charge in [0.05, 0.1) is 0 Å². The molecule has 3 atom stereocenters. The summed E-state index contributed by atoms with van der Waals surface area (Å²) in [5.41, 5.74) is 1.59. The van der Waals surface area contributed by atoms with Crippen molar-refractivity contribution < 1.29 is 19.5 Å². The maximum atomic E-state index is 13.2. The van der Waals surface area contributed by atoms with Crippen molar-refractivity contribution in [1.29, 1.82) is 0 Å². The van der Waals surface area contributed by atoms with E-state index in [2.05, 4.69) is 5.32 Å². The topological polar surface area (TPSA) is 86.7 Å². The van der Waals surface area contributed by atoms with Gasteiger partial charge in [0.1, 0.15) is 12.1 Å². The van der Waals surface area contributed by atoms with Crippen LogP contribution in [0, 0.1) is 0 Å². The minimum absolute atomic E-state index is 0.125. The van der Waals surface area contributed by atoms with Gasteiger partial charge in [0.25, 0.3) is 5.91 Å². The van der Waals surface area contributed by atoms with Crippen LogP contribution in [0.15, 0.2) is 54.1 Å². The van der Waals surface area contributed by atoms with E-state index in [9.17, 15) is 19.5 Å². The zero-order valence-electron chi connectivity index (χ0n) is 16.3. The fraction of sp³-hybridized carbons (Fsp3) is 0.348. The van der Waals surface area contributed by atoms with E-state index in [-0.39, 0.29) is 17.9 Å². The predicted molar refractivity (Wildman–Crippen MR) is 109 cm³/mol. The Morgan fingerprint density at radius 1 is 1.10 bits per heavy atom. The molecular weight excluding hydrogens is 368 g/mol. The van der Waals surface area contributed by atoms with Gasteiger partial charge in [0.15, 0.2) is 0 Å². The highest BCUT2D eigenvalue weighted by Gasteiger charge is 2.43. The molecule has 2 amide bonds. The zero-order valence-corrected chi connectivity index (χ0v) is 16.3. The van der Waals surface area contributed by atoms with Crippen LogP contribution in [0.1, 0.15) is 43.0 Å². The summed E-state index contributed by atoms with van der Waals surface area (Å²) in [6, 6.07) is 11.5. The Hall–Kier alpha value is -3.15. The molecule has 6 heteroatoms. The van der Waals surface area contributed by atoms with E-state index in [1.54, 1.807) is 12.1 Å². The third-order valence-electron chi connectivity index (χ3n) is 5.92. The van der Waals surface area contributed by atoms with Crippen molar-refractivity contribution in [2.75, 3.05) is 0 Å². The van der Waals surface area contributed by atoms with E-state index >= 15 is 0 Å². The first-order valence-corrected chi connectivity index (χ1v) is 9.94. The van der Waals surface area contributed by atoms with Gasteiger partial charge in [-0.25, -0.2) is 4.79 Å². The van der Waals surface area contributed by atoms with Crippen LogP contribution in [-0.4, -0.2) is 45.9 Å². The lowest BCUT2D eigenvalue weighted by atomic mass is 9.98. The summed E-state index contributed by atoms with van der Waals surface area (Å²) in [5, 5.41) is 14.4. The lowest BCUT2D eigenvalue weighted by Crippen LogP contribution is -2.54. The van der Waals surface area contributed by atoms with Crippen molar-refractivity contribution in [3.63, 3.8) is 0 Å². The number of carbonyl (C=O) groups excluding carboxylic acids is 2. The largest absolute Gasteiger partial charge is 0.480 e. The Morgan fingerprint density at radius 2 is 1.86 bits per heavy atom. The summed E-state index contributed by atoms with van der Waals surface area (Å²) < 4.78 is 0. The average Bonchev–Trinajstić information content (AvgIpc) is 3.12. The molecule has 1 fully saturated rings. The number of fused-ring (bicyclic) bond motifs is 2. The molecule has 2 aliphatic heterocycles. The summed E-state index contributed by atoms with van der Waals surface area (Å²) in [6.45, 7) is 1.99. The normalized spacial score (nSPS) is 24.4. The van der Waals surface area contributed by atoms with Crippen molar-refractivity contribution >= 4 is 28.6 Å². The second-order valence-corrected chi connectivity index (χ2v) is 7.91. The highest BCUT2D eigenvalue weighted by atomic mass is 16.4. The smallest absolute Gasteiger partial charge is 0.326 e. The summed E-state index contributed by atoms with van der Waals surface area (Å²) >= 11 is 0. The van der Waals surface area contributed by atoms with Crippen molar-refractivity contribution in [3.8, 4) is 0 Å². The van der Waals surface area contributed by atoms with E-state index in [1.165, 1.54) is 4.90 Å². The van der Waals surface area contributed by atoms with Gasteiger partial charge in [0, 0.05) is 11.6 Å². The molecule has 2 aromatic rings. The van der Waals surface area contributed by atoms with Crippen molar-refractivity contribution in [2.24, 2.45) is 0 Å². The van der Waals surface area contributed by atoms with Crippen LogP contribution in [0.5, 0.6) is 0 Å². The molecule has 0 radical (unpaired) electrons. The quantitative estimate of drug-likeness (QED) is 0.786. The van der Waals surface area contributed by atoms with Gasteiger partial charge in [-0.3, -0.25) is 9.59 Å². The Morgan fingerprint density at radius 3 is 2.62 bits per heavy atom. The first-order chi connectivity index (χ1) is 13.9. The molecule has 2 aliphatic rings. The zero-order chi connectivity index (χ0) is 20.5. The second-order valence-electron chi connectivity index (χ2n) is 7.91. The average molecular weight is 392 g/mol. The third-order valence-corrected chi connectivity index (χ3v) is 5.92. The Kier molecular flexibility index (Phi) is 5.09. The molecule has 0 unspecified atom stereocenters. The number of hydrogen-bond donors (Lipinski definition) is 2. The van der Waals surface area contributed by atoms with E-state index < -0.39 is 18.1 Å². The second kappa shape index (κ2) is 7.70. The number of hydrogen-bond acceptors (Lipinski definition) is 3. The SMILES string of the molecule is CC1=CC[C@H](NC(=O)c2ccc3ccccc3c2)C(=O)N2[C@H](CC[C@H]2C(=O)O)C1. The predicted octanol–water partition coefficient (Wildman–Crippen LogP) is 3.12. The van der Waals surface area contributed by atoms with Gasteiger partial charge < -0.3 is 15.3 Å². The van der Waals surface area contributed by atoms with E-state index in [1.807, 2.05) is 43.3 Å². The van der Waals surface area contributed by atoms with Gasteiger partial charge in [-0.05, 0) is 55.5 Å². The molecular formula is C23H24N2O4. The molecule has 1 saturated heterocycles. The number of amides is 2. The summed E-state index contributed by atoms with van der Waals surface area (Å²) in [6.07, 6.45) is 4.14. The van der Waals surface area contributed by atoms with Crippen LogP contribution in [-0.2, 0) is 9.59 Å². The number of carboxylic acid groups (broad SMARTS) is 1. The van der Waals surface area contributed by atoms with Crippen molar-refractivity contribution in [1.82, 2.24) is 10.2 Å². The van der Waals surface area contributed by atoms with Gasteiger partial charge in [-0.2, -0.15) is 0 Å². The highest BCUT2D eigenvalue weighted by Crippen LogP contribution is 2.31. The van der Waals surface area contributed by atoms with Crippen molar-refractivity contribution in [2.45, 2.75) is 50.7 Å². The summed E-state index contributed by atoms with van der Waals surface area (Å²) in [7, 11) is 0. The molecule has 0 aromatic heterocycles. The monoisotopic (exact) mass is 392 g/mol. The number of aliphatic carboxylic acids is 1. The van der Waals surface area contributed by atoms with Crippen molar-refractivity contribution in [3.05, 3.63) is 59.7 Å². The first-order valence-electron chi connectivity index (χ1n) is 9.94. The van der Waals surface area contributed by atoms with Crippen LogP contribution in [0.2, 0.25) is 0 Å². The first kappa shape index (κ1) is 19.2. The molecule has 2 N–H and O–H groups in total. The fourth-order valence-corrected chi connectivity index (χ4v) is 4.41. The number of carbonyl (C=O) groups is 3. The Labute approximate surface area is 169 Å². The maximum absolute atomic E-state index is 13.2. The summed E-state index contributed by atoms with van der Waals surface area (Å²) in [4.78, 5) is 39.2. The van der Waals surface area contributed by atoms with Gasteiger partial charge in [-0.15, -0.1) is 0 Å². The highest BCUT2D eigenvalue weighted by molar-refractivity contribution is 6.01. The van der Waals surface area contributed by atoms with Crippen LogP contribution in [0.4, 0.5) is 0 Å². The van der Waals surface area contributed by atoms with Crippen LogP contribution >= 0.6 is 0 Å². The molecule has 29 heavy (non-hydrogen) atoms. The minimum atomic E-state index is -0.984. The molecule has 0 saturated carbocycles. The van der Waals surface area contributed by atoms with E-state index in [0.29, 0.717) is 31.2 Å². The van der Waals surface area contributed by atoms with Gasteiger partial charge >= 0.3 is 5.97 Å². The minimum Gasteiger partial charge on any atom is -0.480 e. The Balaban J connectivity index is 1.60. The molecule has 0 spiro atoms. The van der Waals surface area contributed by atoms with Gasteiger partial charge in [0.2, 0.25) is 5.91 Å². The molecule has 0 bridgehead atoms. The lowest BCUT2D eigenvalue weighted by molar-refractivity contribution is -0.150. The molecule has 2 aromatic carbocycles. The van der Waals surface area contributed by atoms with Crippen LogP contribution in [0.25, 0.3) is 10.8 Å². The molecule has 2 heterocycles. The van der Waals surface area contributed by atoms with Gasteiger partial charge in [-0.1, -0.05) is 42.0 Å². The number of nitrogens with one attached hydrogen (secondary N) is 1. The third kappa shape index (κ3) is 3.75. The molecule has 6 nitrogen and oxygen atoms in total. The van der Waals surface area contributed by atoms with Crippen LogP contribution < -0.4 is 5.32 Å². The standard InChI is InChI=1S/C23H24N2O4/c1-14-6-10-19(22(27)25-18(12-14)9-11-20(25)23(28)29)24-21(26)17-8-7-15-4-2-3-5-16(15)13-17/h2-8,13,18-20H,9-12H2,1H3,(H,24,26)(H,28,29)/t18-,19+,20+/m1/s1. The lowest BCUT2D eigenvalue weighted by Gasteiger charge is -2.33. The van der Waals surface area contributed by atoms with E-state index in [4.69, 9.17) is 0 Å². The fourth-order valence-electron chi connectivity index (χ4n) is 4.41. The molecule has 150 valence electrons. The number of nitrogens with zero attached hydrogens (tertiary/aromatic N) is 1. The number of benzene rings is 2. The number of carboxylic acids is 1. The van der Waals surface area contributed by atoms with Crippen LogP contribution in [0.3, 0.4) is 0 Å². The molecule has 4 rings (SSSR count). The van der Waals surface area contributed by atoms with E-state index in [0.717, 1.165) is 16.3 Å². The Bertz CT molecular complexity index is 1010. The molecule has 0 aliphatic carbocycles.